The Morgan fingerprint density at radius 1 is 1.06 bits per heavy atom. The highest BCUT2D eigenvalue weighted by atomic mass is 16.7. The number of fused-ring (bicyclic) bond motifs is 11. The first-order valence-corrected chi connectivity index (χ1v) is 22.7. The van der Waals surface area contributed by atoms with Crippen molar-refractivity contribution in [2.75, 3.05) is 32.1 Å². The number of hydrogen-bond acceptors (Lipinski definition) is 15. The van der Waals surface area contributed by atoms with Crippen LogP contribution in [0.5, 0.6) is 17.2 Å². The van der Waals surface area contributed by atoms with E-state index >= 15 is 0 Å². The first kappa shape index (κ1) is 45.4. The zero-order valence-electron chi connectivity index (χ0n) is 38.4. The van der Waals surface area contributed by atoms with Gasteiger partial charge in [-0.15, -0.1) is 0 Å². The lowest BCUT2D eigenvalue weighted by atomic mass is 9.86. The van der Waals surface area contributed by atoms with Crippen LogP contribution in [0.1, 0.15) is 76.7 Å². The van der Waals surface area contributed by atoms with Gasteiger partial charge in [-0.1, -0.05) is 39.0 Å². The summed E-state index contributed by atoms with van der Waals surface area (Å²) in [6.07, 6.45) is 7.44. The number of nitrogens with zero attached hydrogens (tertiary/aromatic N) is 2. The number of ether oxygens (including phenoxy) is 6. The van der Waals surface area contributed by atoms with Crippen LogP contribution < -0.4 is 20.2 Å². The molecule has 3 fully saturated rings. The van der Waals surface area contributed by atoms with Gasteiger partial charge in [-0.2, -0.15) is 0 Å². The molecule has 16 heteroatoms. The van der Waals surface area contributed by atoms with Crippen LogP contribution in [0.2, 0.25) is 0 Å². The Morgan fingerprint density at radius 3 is 2.56 bits per heavy atom. The number of benzene rings is 3. The number of aromatic nitrogens is 1. The fourth-order valence-electron chi connectivity index (χ4n) is 10.6. The normalized spacial score (nSPS) is 33.0. The van der Waals surface area contributed by atoms with Crippen LogP contribution in [0.15, 0.2) is 63.6 Å². The number of esters is 1. The lowest BCUT2D eigenvalue weighted by Gasteiger charge is -2.33. The SMILES string of the molecule is CO[C@H]1/C=C/O[C@@]2(C)Oc3c(C)c(=O)c4c(O)c(c5oc6cc(OCCN7CC8CCC7C8)ccc6nc5c4c3C2=O)NC(=O)/C(C)=C\C=C\[C@H](C)[C@@H]2O[C@H]([C@H](O)[C@@H]2C)[C@H](OC(C)=O)[C@@H]1C. The second-order valence-corrected chi connectivity index (χ2v) is 18.7. The second kappa shape index (κ2) is 17.4. The number of phenols is 1. The van der Waals surface area contributed by atoms with Gasteiger partial charge in [0.25, 0.3) is 11.7 Å². The molecule has 10 rings (SSSR count). The van der Waals surface area contributed by atoms with Crippen molar-refractivity contribution in [2.45, 2.75) is 110 Å². The third-order valence-corrected chi connectivity index (χ3v) is 14.3. The number of ketones is 1. The molecule has 3 aromatic carbocycles. The zero-order chi connectivity index (χ0) is 46.9. The van der Waals surface area contributed by atoms with Gasteiger partial charge in [0.05, 0.1) is 35.5 Å². The molecule has 6 heterocycles. The van der Waals surface area contributed by atoms with Gasteiger partial charge in [0.2, 0.25) is 0 Å². The molecule has 4 aromatic rings. The summed E-state index contributed by atoms with van der Waals surface area (Å²) in [6, 6.07) is 5.77. The number of likely N-dealkylation sites (tertiary alicyclic amines) is 1. The first-order chi connectivity index (χ1) is 31.5. The molecule has 5 aliphatic heterocycles. The zero-order valence-corrected chi connectivity index (χ0v) is 38.4. The van der Waals surface area contributed by atoms with Gasteiger partial charge in [-0.3, -0.25) is 24.1 Å². The highest BCUT2D eigenvalue weighted by molar-refractivity contribution is 6.26. The average Bonchev–Trinajstić information content (AvgIpc) is 4.05. The van der Waals surface area contributed by atoms with Gasteiger partial charge in [0, 0.05) is 80.4 Å². The van der Waals surface area contributed by atoms with E-state index in [2.05, 4.69) is 10.2 Å². The molecule has 11 atom stereocenters. The fourth-order valence-corrected chi connectivity index (χ4v) is 10.6. The molecule has 0 radical (unpaired) electrons. The van der Waals surface area contributed by atoms with Crippen LogP contribution in [-0.4, -0.2) is 107 Å². The van der Waals surface area contributed by atoms with Crippen LogP contribution in [0.25, 0.3) is 33.0 Å². The second-order valence-electron chi connectivity index (χ2n) is 18.7. The van der Waals surface area contributed by atoms with Crippen molar-refractivity contribution in [1.29, 1.82) is 0 Å². The van der Waals surface area contributed by atoms with Gasteiger partial charge in [0.1, 0.15) is 47.0 Å². The number of amides is 1. The minimum absolute atomic E-state index is 0.00965. The summed E-state index contributed by atoms with van der Waals surface area (Å²) < 4.78 is 43.2. The number of aliphatic hydroxyl groups is 1. The molecule has 16 nitrogen and oxygen atoms in total. The van der Waals surface area contributed by atoms with E-state index in [0.29, 0.717) is 23.9 Å². The van der Waals surface area contributed by atoms with Gasteiger partial charge in [-0.05, 0) is 57.2 Å². The van der Waals surface area contributed by atoms with Crippen molar-refractivity contribution >= 4 is 56.3 Å². The highest BCUT2D eigenvalue weighted by Gasteiger charge is 2.51. The maximum atomic E-state index is 14.8. The topological polar surface area (TPSA) is 205 Å². The van der Waals surface area contributed by atoms with Crippen molar-refractivity contribution in [3.05, 3.63) is 75.7 Å². The molecule has 1 amide bonds. The molecular formula is C50H57N3O13. The lowest BCUT2D eigenvalue weighted by molar-refractivity contribution is -0.168. The Morgan fingerprint density at radius 2 is 1.85 bits per heavy atom. The van der Waals surface area contributed by atoms with Crippen LogP contribution in [0, 0.1) is 30.6 Å². The summed E-state index contributed by atoms with van der Waals surface area (Å²) in [5.74, 6) is -4.61. The van der Waals surface area contributed by atoms with E-state index in [1.165, 1.54) is 59.5 Å². The Bertz CT molecular complexity index is 2800. The number of anilines is 1. The lowest BCUT2D eigenvalue weighted by Crippen LogP contribution is -2.46. The number of rotatable bonds is 6. The van der Waals surface area contributed by atoms with Crippen LogP contribution in [0.3, 0.4) is 0 Å². The summed E-state index contributed by atoms with van der Waals surface area (Å²) in [5.41, 5.74) is -0.214. The number of hydrogen-bond donors (Lipinski definition) is 3. The third kappa shape index (κ3) is 7.80. The van der Waals surface area contributed by atoms with Crippen LogP contribution >= 0.6 is 0 Å². The van der Waals surface area contributed by atoms with Crippen molar-refractivity contribution < 1.29 is 57.4 Å². The van der Waals surface area contributed by atoms with Crippen LogP contribution in [-0.2, 0) is 28.5 Å². The van der Waals surface area contributed by atoms with Crippen LogP contribution in [0.4, 0.5) is 5.69 Å². The maximum absolute atomic E-state index is 14.8. The highest BCUT2D eigenvalue weighted by Crippen LogP contribution is 2.49. The molecule has 9 bridgehead atoms. The predicted octanol–water partition coefficient (Wildman–Crippen LogP) is 6.63. The number of carbonyl (C=O) groups excluding carboxylic acids is 3. The van der Waals surface area contributed by atoms with Gasteiger partial charge >= 0.3 is 11.8 Å². The van der Waals surface area contributed by atoms with E-state index in [1.807, 2.05) is 19.9 Å². The van der Waals surface area contributed by atoms with Crippen molar-refractivity contribution in [2.24, 2.45) is 23.7 Å². The fraction of sp³-hybridized carbons (Fsp3) is 0.500. The van der Waals surface area contributed by atoms with E-state index < -0.39 is 71.1 Å². The van der Waals surface area contributed by atoms with E-state index in [1.54, 1.807) is 44.2 Å². The third-order valence-electron chi connectivity index (χ3n) is 14.3. The summed E-state index contributed by atoms with van der Waals surface area (Å²) in [5, 5.41) is 26.1. The number of Topliss-reactive ketones (excluding diaryl/α,β-unsaturated/α-hetero) is 1. The molecule has 2 unspecified atom stereocenters. The number of allylic oxidation sites excluding steroid dienone is 2. The van der Waals surface area contributed by atoms with Crippen molar-refractivity contribution in [1.82, 2.24) is 9.88 Å². The van der Waals surface area contributed by atoms with Crippen molar-refractivity contribution in [3.63, 3.8) is 0 Å². The summed E-state index contributed by atoms with van der Waals surface area (Å²) >= 11 is 0. The quantitative estimate of drug-likeness (QED) is 0.0804. The Balaban J connectivity index is 1.17. The number of carbonyl (C=O) groups is 3. The van der Waals surface area contributed by atoms with Crippen molar-refractivity contribution in [3.8, 4) is 17.2 Å². The molecule has 1 aliphatic carbocycles. The molecular weight excluding hydrogens is 851 g/mol. The minimum Gasteiger partial charge on any atom is -0.505 e. The maximum Gasteiger partial charge on any atom is 0.312 e. The van der Waals surface area contributed by atoms with Gasteiger partial charge in [0.15, 0.2) is 22.3 Å². The van der Waals surface area contributed by atoms with Gasteiger partial charge in [-0.25, -0.2) is 4.98 Å². The molecule has 2 saturated heterocycles. The summed E-state index contributed by atoms with van der Waals surface area (Å²) in [7, 11) is 1.46. The molecule has 1 saturated carbocycles. The number of piperidine rings is 1. The molecule has 66 heavy (non-hydrogen) atoms. The predicted molar refractivity (Wildman–Crippen MR) is 244 cm³/mol. The number of methoxy groups -OCH3 is 1. The van der Waals surface area contributed by atoms with E-state index in [4.69, 9.17) is 37.8 Å². The number of nitrogens with one attached hydrogen (secondary N) is 1. The summed E-state index contributed by atoms with van der Waals surface area (Å²) in [6.45, 7) is 13.6. The summed E-state index contributed by atoms with van der Waals surface area (Å²) in [4.78, 5) is 63.1. The number of aliphatic hydroxyl groups excluding tert-OH is 1. The van der Waals surface area contributed by atoms with E-state index in [0.717, 1.165) is 19.0 Å². The molecule has 1 aromatic heterocycles. The number of phenolic OH excluding ortho intramolecular Hbond substituents is 1. The molecule has 3 N–H and O–H groups in total. The monoisotopic (exact) mass is 907 g/mol. The van der Waals surface area contributed by atoms with E-state index in [9.17, 15) is 29.4 Å². The Labute approximate surface area is 381 Å². The Kier molecular flexibility index (Phi) is 12.0. The standard InChI is InChI=1S/C50H57N3O13/c1-23-10-9-11-24(2)49(59)52-39-42(57)36-35(38-46(39)64-34-21-31(14-15-32(34)51-38)61-19-17-53-22-29-12-13-30(53)20-29)37-44(26(4)40(36)55)66-50(7,48(37)58)62-18-16-33(60-8)25(3)45(63-28(6)54)47-41(56)27(5)43(23)65-47/h9-11,14-16,18,21,23,25,27,29-30,33,41,43,45,47,56-57H,12-13,17,19-20,22H2,1-8H3,(H,52,59)/b10-9+,18-16+,24-11-/t23-,25+,27-,29?,30?,33-,41+,43-,45+,47+,50-/m0/s1. The minimum atomic E-state index is -2.03. The smallest absolute Gasteiger partial charge is 0.312 e. The first-order valence-electron chi connectivity index (χ1n) is 22.7. The van der Waals surface area contributed by atoms with E-state index in [-0.39, 0.29) is 67.4 Å². The molecule has 0 spiro atoms. The molecule has 6 aliphatic rings. The van der Waals surface area contributed by atoms with Gasteiger partial charge < -0.3 is 48.4 Å². The average molecular weight is 908 g/mol. The largest absolute Gasteiger partial charge is 0.505 e. The Hall–Kier alpha value is -5.81. The number of aromatic hydroxyl groups is 1. The molecule has 350 valence electrons.